The van der Waals surface area contributed by atoms with Gasteiger partial charge < -0.3 is 9.64 Å². The van der Waals surface area contributed by atoms with Crippen molar-refractivity contribution in [3.63, 3.8) is 0 Å². The average molecular weight is 389 g/mol. The van der Waals surface area contributed by atoms with E-state index in [1.165, 1.54) is 15.6 Å². The molecule has 1 atom stereocenters. The average Bonchev–Trinajstić information content (AvgIpc) is 3.13. The predicted molar refractivity (Wildman–Crippen MR) is 99.1 cm³/mol. The highest BCUT2D eigenvalue weighted by molar-refractivity contribution is 7.91. The van der Waals surface area contributed by atoms with Crippen molar-refractivity contribution in [1.82, 2.24) is 9.21 Å². The Hall–Kier alpha value is -0.960. The zero-order valence-corrected chi connectivity index (χ0v) is 16.8. The SMILES string of the molecule is COCCN(CC(C)C)C(=O)C1CCCN(S(=O)(=O)c2cccs2)C1. The lowest BCUT2D eigenvalue weighted by Crippen LogP contribution is -2.48. The molecule has 8 heteroatoms. The van der Waals surface area contributed by atoms with Crippen molar-refractivity contribution in [2.45, 2.75) is 30.9 Å². The molecule has 1 saturated heterocycles. The normalized spacial score (nSPS) is 19.3. The molecule has 0 bridgehead atoms. The van der Waals surface area contributed by atoms with E-state index in [1.807, 2.05) is 4.90 Å². The van der Waals surface area contributed by atoms with Crippen molar-refractivity contribution in [3.8, 4) is 0 Å². The van der Waals surface area contributed by atoms with Crippen LogP contribution in [0, 0.1) is 11.8 Å². The maximum absolute atomic E-state index is 13.0. The molecule has 6 nitrogen and oxygen atoms in total. The highest BCUT2D eigenvalue weighted by Gasteiger charge is 2.35. The molecule has 1 aliphatic heterocycles. The van der Waals surface area contributed by atoms with Crippen molar-refractivity contribution >= 4 is 27.3 Å². The molecule has 0 aliphatic carbocycles. The predicted octanol–water partition coefficient (Wildman–Crippen LogP) is 2.28. The van der Waals surface area contributed by atoms with Crippen LogP contribution < -0.4 is 0 Å². The molecule has 1 aliphatic rings. The van der Waals surface area contributed by atoms with Crippen molar-refractivity contribution in [2.24, 2.45) is 11.8 Å². The first-order chi connectivity index (χ1) is 11.9. The van der Waals surface area contributed by atoms with Crippen LogP contribution in [0.15, 0.2) is 21.7 Å². The first-order valence-corrected chi connectivity index (χ1v) is 11.0. The van der Waals surface area contributed by atoms with Crippen LogP contribution in [0.5, 0.6) is 0 Å². The number of sulfonamides is 1. The summed E-state index contributed by atoms with van der Waals surface area (Å²) in [5.41, 5.74) is 0. The van der Waals surface area contributed by atoms with E-state index in [2.05, 4.69) is 13.8 Å². The fourth-order valence-corrected chi connectivity index (χ4v) is 5.76. The van der Waals surface area contributed by atoms with Crippen LogP contribution in [0.2, 0.25) is 0 Å². The monoisotopic (exact) mass is 388 g/mol. The Morgan fingerprint density at radius 2 is 2.24 bits per heavy atom. The van der Waals surface area contributed by atoms with Crippen LogP contribution in [0.1, 0.15) is 26.7 Å². The molecule has 1 aromatic heterocycles. The van der Waals surface area contributed by atoms with Crippen LogP contribution in [-0.2, 0) is 19.6 Å². The van der Waals surface area contributed by atoms with Gasteiger partial charge in [0, 0.05) is 33.3 Å². The highest BCUT2D eigenvalue weighted by atomic mass is 32.2. The summed E-state index contributed by atoms with van der Waals surface area (Å²) in [4.78, 5) is 14.8. The molecular weight excluding hydrogens is 360 g/mol. The Bertz CT molecular complexity index is 644. The molecular formula is C17H28N2O4S2. The number of rotatable bonds is 8. The molecule has 0 spiro atoms. The third-order valence-corrected chi connectivity index (χ3v) is 7.52. The highest BCUT2D eigenvalue weighted by Crippen LogP contribution is 2.27. The number of amides is 1. The molecule has 1 aromatic rings. The number of thiophene rings is 1. The number of hydrogen-bond donors (Lipinski definition) is 0. The smallest absolute Gasteiger partial charge is 0.252 e. The molecule has 0 aromatic carbocycles. The summed E-state index contributed by atoms with van der Waals surface area (Å²) in [6.07, 6.45) is 1.44. The molecule has 1 unspecified atom stereocenters. The Balaban J connectivity index is 2.09. The second-order valence-electron chi connectivity index (χ2n) is 6.81. The lowest BCUT2D eigenvalue weighted by molar-refractivity contribution is -0.137. The van der Waals surface area contributed by atoms with Crippen molar-refractivity contribution in [3.05, 3.63) is 17.5 Å². The molecule has 142 valence electrons. The van der Waals surface area contributed by atoms with Crippen LogP contribution in [0.25, 0.3) is 0 Å². The van der Waals surface area contributed by atoms with Gasteiger partial charge in [0.05, 0.1) is 12.5 Å². The van der Waals surface area contributed by atoms with Gasteiger partial charge in [0.15, 0.2) is 0 Å². The fourth-order valence-electron chi connectivity index (χ4n) is 3.09. The number of hydrogen-bond acceptors (Lipinski definition) is 5. The lowest BCUT2D eigenvalue weighted by atomic mass is 9.97. The minimum atomic E-state index is -3.49. The van der Waals surface area contributed by atoms with E-state index in [1.54, 1.807) is 24.6 Å². The van der Waals surface area contributed by atoms with Gasteiger partial charge in [0.2, 0.25) is 5.91 Å². The third kappa shape index (κ3) is 5.26. The molecule has 0 radical (unpaired) electrons. The summed E-state index contributed by atoms with van der Waals surface area (Å²) in [5, 5.41) is 1.76. The summed E-state index contributed by atoms with van der Waals surface area (Å²) >= 11 is 1.22. The summed E-state index contributed by atoms with van der Waals surface area (Å²) in [7, 11) is -1.88. The summed E-state index contributed by atoms with van der Waals surface area (Å²) in [6.45, 7) is 6.58. The standard InChI is InChI=1S/C17H28N2O4S2/c1-14(2)12-18(9-10-23-3)17(20)15-6-4-8-19(13-15)25(21,22)16-7-5-11-24-16/h5,7,11,14-15H,4,6,8-10,12-13H2,1-3H3. The van der Waals surface area contributed by atoms with Gasteiger partial charge in [0.25, 0.3) is 10.0 Å². The minimum Gasteiger partial charge on any atom is -0.383 e. The van der Waals surface area contributed by atoms with Crippen LogP contribution in [0.4, 0.5) is 0 Å². The molecule has 1 fully saturated rings. The maximum Gasteiger partial charge on any atom is 0.252 e. The number of ether oxygens (including phenoxy) is 1. The third-order valence-electron chi connectivity index (χ3n) is 4.29. The number of carbonyl (C=O) groups is 1. The van der Waals surface area contributed by atoms with Gasteiger partial charge in [-0.1, -0.05) is 19.9 Å². The molecule has 0 saturated carbocycles. The summed E-state index contributed by atoms with van der Waals surface area (Å²) < 4.78 is 32.4. The summed E-state index contributed by atoms with van der Waals surface area (Å²) in [6, 6.07) is 3.36. The first kappa shape index (κ1) is 20.4. The largest absolute Gasteiger partial charge is 0.383 e. The quantitative estimate of drug-likeness (QED) is 0.685. The van der Waals surface area contributed by atoms with E-state index in [4.69, 9.17) is 4.74 Å². The second kappa shape index (κ2) is 9.12. The van der Waals surface area contributed by atoms with Crippen molar-refractivity contribution in [2.75, 3.05) is 39.9 Å². The molecule has 2 rings (SSSR count). The van der Waals surface area contributed by atoms with Gasteiger partial charge in [-0.3, -0.25) is 4.79 Å². The van der Waals surface area contributed by atoms with Gasteiger partial charge in [-0.15, -0.1) is 11.3 Å². The van der Waals surface area contributed by atoms with Gasteiger partial charge in [-0.05, 0) is 30.2 Å². The number of carbonyl (C=O) groups excluding carboxylic acids is 1. The van der Waals surface area contributed by atoms with Crippen LogP contribution in [-0.4, -0.2) is 63.4 Å². The van der Waals surface area contributed by atoms with Gasteiger partial charge >= 0.3 is 0 Å². The molecule has 2 heterocycles. The molecule has 0 N–H and O–H groups in total. The van der Waals surface area contributed by atoms with Gasteiger partial charge in [0.1, 0.15) is 4.21 Å². The topological polar surface area (TPSA) is 66.9 Å². The first-order valence-electron chi connectivity index (χ1n) is 8.67. The number of methoxy groups -OCH3 is 1. The lowest BCUT2D eigenvalue weighted by Gasteiger charge is -2.34. The Morgan fingerprint density at radius 1 is 1.48 bits per heavy atom. The van der Waals surface area contributed by atoms with E-state index >= 15 is 0 Å². The van der Waals surface area contributed by atoms with E-state index < -0.39 is 10.0 Å². The minimum absolute atomic E-state index is 0.0387. The zero-order valence-electron chi connectivity index (χ0n) is 15.2. The number of nitrogens with zero attached hydrogens (tertiary/aromatic N) is 2. The van der Waals surface area contributed by atoms with Crippen LogP contribution >= 0.6 is 11.3 Å². The Labute approximate surface area is 154 Å². The van der Waals surface area contributed by atoms with E-state index in [9.17, 15) is 13.2 Å². The molecule has 25 heavy (non-hydrogen) atoms. The Morgan fingerprint density at radius 3 is 2.84 bits per heavy atom. The number of piperidine rings is 1. The maximum atomic E-state index is 13.0. The summed E-state index contributed by atoms with van der Waals surface area (Å²) in [5.74, 6) is 0.117. The van der Waals surface area contributed by atoms with Crippen molar-refractivity contribution < 1.29 is 17.9 Å². The Kier molecular flexibility index (Phi) is 7.42. The van der Waals surface area contributed by atoms with Crippen LogP contribution in [0.3, 0.4) is 0 Å². The van der Waals surface area contributed by atoms with E-state index in [-0.39, 0.29) is 18.4 Å². The van der Waals surface area contributed by atoms with Gasteiger partial charge in [-0.2, -0.15) is 4.31 Å². The molecule has 1 amide bonds. The fraction of sp³-hybridized carbons (Fsp3) is 0.706. The van der Waals surface area contributed by atoms with Gasteiger partial charge in [-0.25, -0.2) is 8.42 Å². The van der Waals surface area contributed by atoms with Crippen molar-refractivity contribution in [1.29, 1.82) is 0 Å². The second-order valence-corrected chi connectivity index (χ2v) is 9.92. The van der Waals surface area contributed by atoms with E-state index in [0.717, 1.165) is 6.42 Å². The zero-order chi connectivity index (χ0) is 18.4. The van der Waals surface area contributed by atoms with E-state index in [0.29, 0.717) is 42.8 Å².